The van der Waals surface area contributed by atoms with Crippen molar-refractivity contribution in [3.63, 3.8) is 0 Å². The van der Waals surface area contributed by atoms with Crippen LogP contribution in [0.3, 0.4) is 0 Å². The Morgan fingerprint density at radius 2 is 1.95 bits per heavy atom. The zero-order chi connectivity index (χ0) is 16.2. The first-order valence-electron chi connectivity index (χ1n) is 6.55. The topological polar surface area (TPSA) is 95.9 Å². The predicted octanol–water partition coefficient (Wildman–Crippen LogP) is 2.02. The van der Waals surface area contributed by atoms with Crippen molar-refractivity contribution >= 4 is 11.9 Å². The summed E-state index contributed by atoms with van der Waals surface area (Å²) < 4.78 is 5.01. The Morgan fingerprint density at radius 3 is 2.43 bits per heavy atom. The maximum atomic E-state index is 12.3. The molecule has 0 radical (unpaired) electrons. The lowest BCUT2D eigenvalue weighted by Crippen LogP contribution is -2.45. The maximum Gasteiger partial charge on any atom is 0.305 e. The number of carboxylic acids is 1. The quantitative estimate of drug-likeness (QED) is 0.772. The van der Waals surface area contributed by atoms with Gasteiger partial charge in [0.1, 0.15) is 11.5 Å². The molecule has 1 unspecified atom stereocenters. The average molecular weight is 295 g/mol. The van der Waals surface area contributed by atoms with Crippen LogP contribution in [0.2, 0.25) is 0 Å². The molecule has 3 N–H and O–H groups in total. The molecule has 1 rings (SSSR count). The summed E-state index contributed by atoms with van der Waals surface area (Å²) in [7, 11) is 1.45. The predicted molar refractivity (Wildman–Crippen MR) is 77.6 cm³/mol. The molecule has 0 fully saturated rings. The third-order valence-corrected chi connectivity index (χ3v) is 3.18. The van der Waals surface area contributed by atoms with Crippen LogP contribution in [0, 0.1) is 5.41 Å². The van der Waals surface area contributed by atoms with E-state index in [1.54, 1.807) is 0 Å². The minimum Gasteiger partial charge on any atom is -0.507 e. The van der Waals surface area contributed by atoms with Crippen molar-refractivity contribution in [2.24, 2.45) is 5.41 Å². The summed E-state index contributed by atoms with van der Waals surface area (Å²) in [5, 5.41) is 21.4. The lowest BCUT2D eigenvalue weighted by atomic mass is 9.84. The number of rotatable bonds is 5. The number of carbonyl (C=O) groups excluding carboxylic acids is 1. The summed E-state index contributed by atoms with van der Waals surface area (Å²) >= 11 is 0. The van der Waals surface area contributed by atoms with E-state index >= 15 is 0 Å². The molecule has 0 heterocycles. The molecule has 21 heavy (non-hydrogen) atoms. The second-order valence-corrected chi connectivity index (χ2v) is 5.87. The Kier molecular flexibility index (Phi) is 5.18. The van der Waals surface area contributed by atoms with Gasteiger partial charge in [0, 0.05) is 6.04 Å². The number of aliphatic carboxylic acids is 1. The summed E-state index contributed by atoms with van der Waals surface area (Å²) in [6.07, 6.45) is -0.194. The molecule has 0 aromatic heterocycles. The Hall–Kier alpha value is -2.24. The SMILES string of the molecule is COc1ccc(O)c(C(=O)NC(CC(=O)O)C(C)(C)C)c1. The van der Waals surface area contributed by atoms with E-state index in [0.717, 1.165) is 0 Å². The lowest BCUT2D eigenvalue weighted by Gasteiger charge is -2.30. The van der Waals surface area contributed by atoms with E-state index in [1.807, 2.05) is 20.8 Å². The van der Waals surface area contributed by atoms with Gasteiger partial charge in [-0.05, 0) is 23.6 Å². The van der Waals surface area contributed by atoms with Crippen molar-refractivity contribution in [3.05, 3.63) is 23.8 Å². The van der Waals surface area contributed by atoms with Gasteiger partial charge in [0.05, 0.1) is 19.1 Å². The number of phenolic OH excluding ortho intramolecular Hbond substituents is 1. The number of hydrogen-bond donors (Lipinski definition) is 3. The molecule has 0 bridgehead atoms. The standard InChI is InChI=1S/C15H21NO5/c1-15(2,3)12(8-13(18)19)16-14(20)10-7-9(21-4)5-6-11(10)17/h5-7,12,17H,8H2,1-4H3,(H,16,20)(H,18,19). The van der Waals surface area contributed by atoms with Gasteiger partial charge in [-0.1, -0.05) is 20.8 Å². The van der Waals surface area contributed by atoms with Crippen molar-refractivity contribution < 1.29 is 24.5 Å². The fourth-order valence-electron chi connectivity index (χ4n) is 1.81. The molecule has 0 aliphatic carbocycles. The zero-order valence-corrected chi connectivity index (χ0v) is 12.6. The third-order valence-electron chi connectivity index (χ3n) is 3.18. The number of nitrogens with one attached hydrogen (secondary N) is 1. The summed E-state index contributed by atoms with van der Waals surface area (Å²) in [6.45, 7) is 5.52. The maximum absolute atomic E-state index is 12.3. The van der Waals surface area contributed by atoms with Crippen LogP contribution in [0.4, 0.5) is 0 Å². The van der Waals surface area contributed by atoms with Crippen LogP contribution >= 0.6 is 0 Å². The molecular weight excluding hydrogens is 274 g/mol. The number of amides is 1. The molecule has 1 amide bonds. The Bertz CT molecular complexity index is 533. The number of aromatic hydroxyl groups is 1. The first-order chi connectivity index (χ1) is 9.65. The van der Waals surface area contributed by atoms with Crippen molar-refractivity contribution in [1.82, 2.24) is 5.32 Å². The van der Waals surface area contributed by atoms with Crippen molar-refractivity contribution in [2.45, 2.75) is 33.2 Å². The van der Waals surface area contributed by atoms with Gasteiger partial charge in [-0.25, -0.2) is 0 Å². The molecule has 1 atom stereocenters. The molecule has 0 saturated heterocycles. The zero-order valence-electron chi connectivity index (χ0n) is 12.6. The summed E-state index contributed by atoms with van der Waals surface area (Å²) in [4.78, 5) is 23.2. The molecule has 0 saturated carbocycles. The third kappa shape index (κ3) is 4.66. The van der Waals surface area contributed by atoms with Gasteiger partial charge < -0.3 is 20.3 Å². The van der Waals surface area contributed by atoms with Gasteiger partial charge >= 0.3 is 5.97 Å². The highest BCUT2D eigenvalue weighted by Gasteiger charge is 2.29. The number of carbonyl (C=O) groups is 2. The summed E-state index contributed by atoms with van der Waals surface area (Å²) in [5.74, 6) is -1.28. The van der Waals surface area contributed by atoms with E-state index < -0.39 is 23.3 Å². The lowest BCUT2D eigenvalue weighted by molar-refractivity contribution is -0.138. The van der Waals surface area contributed by atoms with Crippen LogP contribution in [0.25, 0.3) is 0 Å². The first kappa shape index (κ1) is 16.8. The van der Waals surface area contributed by atoms with Gasteiger partial charge in [0.15, 0.2) is 0 Å². The van der Waals surface area contributed by atoms with E-state index in [1.165, 1.54) is 25.3 Å². The molecule has 6 nitrogen and oxygen atoms in total. The first-order valence-corrected chi connectivity index (χ1v) is 6.55. The number of methoxy groups -OCH3 is 1. The van der Waals surface area contributed by atoms with Crippen LogP contribution in [0.1, 0.15) is 37.6 Å². The van der Waals surface area contributed by atoms with Crippen molar-refractivity contribution in [1.29, 1.82) is 0 Å². The minimum absolute atomic E-state index is 0.0500. The molecule has 0 spiro atoms. The van der Waals surface area contributed by atoms with E-state index in [9.17, 15) is 14.7 Å². The van der Waals surface area contributed by atoms with E-state index in [-0.39, 0.29) is 17.7 Å². The molecule has 6 heteroatoms. The summed E-state index contributed by atoms with van der Waals surface area (Å²) in [5.41, 5.74) is -0.378. The van der Waals surface area contributed by atoms with Gasteiger partial charge in [0.25, 0.3) is 5.91 Å². The number of phenols is 1. The molecule has 0 aliphatic rings. The number of ether oxygens (including phenoxy) is 1. The largest absolute Gasteiger partial charge is 0.507 e. The van der Waals surface area contributed by atoms with Crippen LogP contribution in [0.5, 0.6) is 11.5 Å². The summed E-state index contributed by atoms with van der Waals surface area (Å²) in [6, 6.07) is 3.74. The van der Waals surface area contributed by atoms with Crippen LogP contribution < -0.4 is 10.1 Å². The Labute approximate surface area is 123 Å². The molecule has 0 aliphatic heterocycles. The molecule has 1 aromatic carbocycles. The average Bonchev–Trinajstić information content (AvgIpc) is 2.36. The normalized spacial score (nSPS) is 12.6. The monoisotopic (exact) mass is 295 g/mol. The van der Waals surface area contributed by atoms with Gasteiger partial charge in [-0.3, -0.25) is 9.59 Å². The minimum atomic E-state index is -0.995. The Morgan fingerprint density at radius 1 is 1.33 bits per heavy atom. The molecule has 1 aromatic rings. The van der Waals surface area contributed by atoms with E-state index in [2.05, 4.69) is 5.32 Å². The van der Waals surface area contributed by atoms with Crippen molar-refractivity contribution in [3.8, 4) is 11.5 Å². The fraction of sp³-hybridized carbons (Fsp3) is 0.467. The van der Waals surface area contributed by atoms with Crippen LogP contribution in [-0.4, -0.2) is 35.2 Å². The second kappa shape index (κ2) is 6.47. The highest BCUT2D eigenvalue weighted by molar-refractivity contribution is 5.97. The number of benzene rings is 1. The number of hydrogen-bond acceptors (Lipinski definition) is 4. The number of carboxylic acid groups (broad SMARTS) is 1. The van der Waals surface area contributed by atoms with E-state index in [4.69, 9.17) is 9.84 Å². The van der Waals surface area contributed by atoms with E-state index in [0.29, 0.717) is 5.75 Å². The molecular formula is C15H21NO5. The van der Waals surface area contributed by atoms with Crippen LogP contribution in [-0.2, 0) is 4.79 Å². The van der Waals surface area contributed by atoms with Crippen LogP contribution in [0.15, 0.2) is 18.2 Å². The Balaban J connectivity index is 2.99. The van der Waals surface area contributed by atoms with Gasteiger partial charge in [-0.2, -0.15) is 0 Å². The highest BCUT2D eigenvalue weighted by atomic mass is 16.5. The smallest absolute Gasteiger partial charge is 0.305 e. The molecule has 116 valence electrons. The second-order valence-electron chi connectivity index (χ2n) is 5.87. The van der Waals surface area contributed by atoms with Gasteiger partial charge in [-0.15, -0.1) is 0 Å². The highest BCUT2D eigenvalue weighted by Crippen LogP contribution is 2.25. The fourth-order valence-corrected chi connectivity index (χ4v) is 1.81. The van der Waals surface area contributed by atoms with Crippen molar-refractivity contribution in [2.75, 3.05) is 7.11 Å². The van der Waals surface area contributed by atoms with Gasteiger partial charge in [0.2, 0.25) is 0 Å².